The van der Waals surface area contributed by atoms with Crippen LogP contribution in [0.15, 0.2) is 35.4 Å². The lowest BCUT2D eigenvalue weighted by Gasteiger charge is -2.07. The molecule has 1 aromatic carbocycles. The van der Waals surface area contributed by atoms with Gasteiger partial charge in [-0.3, -0.25) is 0 Å². The van der Waals surface area contributed by atoms with Crippen LogP contribution in [0, 0.1) is 0 Å². The number of hydrogen-bond donors (Lipinski definition) is 2. The van der Waals surface area contributed by atoms with Crippen LogP contribution in [-0.4, -0.2) is 21.8 Å². The quantitative estimate of drug-likeness (QED) is 0.754. The summed E-state index contributed by atoms with van der Waals surface area (Å²) in [6, 6.07) is 7.71. The number of aromatic nitrogens is 3. The average molecular weight is 204 g/mol. The van der Waals surface area contributed by atoms with Gasteiger partial charge < -0.3 is 5.32 Å². The second-order valence-corrected chi connectivity index (χ2v) is 3.19. The Balaban J connectivity index is 2.52. The maximum Gasteiger partial charge on any atom is 0.347 e. The van der Waals surface area contributed by atoms with Gasteiger partial charge in [-0.05, 0) is 18.7 Å². The fraction of sp³-hybridized carbons (Fsp3) is 0.200. The molecular formula is C10H12N4O. The van der Waals surface area contributed by atoms with Gasteiger partial charge in [-0.15, -0.1) is 0 Å². The molecule has 0 fully saturated rings. The Hall–Kier alpha value is -1.88. The highest BCUT2D eigenvalue weighted by Crippen LogP contribution is 2.11. The van der Waals surface area contributed by atoms with Crippen LogP contribution in [0.3, 0.4) is 0 Å². The third-order valence-electron chi connectivity index (χ3n) is 2.17. The summed E-state index contributed by atoms with van der Waals surface area (Å²) in [6.07, 6.45) is 1.48. The van der Waals surface area contributed by atoms with Crippen molar-refractivity contribution in [2.24, 2.45) is 0 Å². The first-order valence-corrected chi connectivity index (χ1v) is 4.68. The number of hydrogen-bond acceptors (Lipinski definition) is 3. The molecule has 78 valence electrons. The number of nitrogens with zero attached hydrogens (tertiary/aromatic N) is 2. The summed E-state index contributed by atoms with van der Waals surface area (Å²) in [5.74, 6) is 0. The molecule has 2 N–H and O–H groups in total. The van der Waals surface area contributed by atoms with Crippen LogP contribution in [0.4, 0.5) is 0 Å². The van der Waals surface area contributed by atoms with Gasteiger partial charge >= 0.3 is 5.69 Å². The van der Waals surface area contributed by atoms with Crippen LogP contribution < -0.4 is 11.0 Å². The van der Waals surface area contributed by atoms with Crippen molar-refractivity contribution in [1.29, 1.82) is 0 Å². The molecule has 5 nitrogen and oxygen atoms in total. The largest absolute Gasteiger partial charge is 0.347 e. The predicted octanol–water partition coefficient (Wildman–Crippen LogP) is 0.280. The van der Waals surface area contributed by atoms with Crippen molar-refractivity contribution in [3.05, 3.63) is 46.6 Å². The average Bonchev–Trinajstić information content (AvgIpc) is 2.66. The second-order valence-electron chi connectivity index (χ2n) is 3.19. The lowest BCUT2D eigenvalue weighted by molar-refractivity contribution is 0.804. The van der Waals surface area contributed by atoms with E-state index in [4.69, 9.17) is 0 Å². The Morgan fingerprint density at radius 3 is 2.93 bits per heavy atom. The monoisotopic (exact) mass is 204 g/mol. The van der Waals surface area contributed by atoms with E-state index in [1.165, 1.54) is 10.9 Å². The van der Waals surface area contributed by atoms with Gasteiger partial charge in [0.05, 0.1) is 5.69 Å². The minimum Gasteiger partial charge on any atom is -0.316 e. The standard InChI is InChI=1S/C10H12N4O/c1-11-6-8-4-2-3-5-9(8)14-7-12-13-10(14)15/h2-5,7,11H,6H2,1H3,(H,13,15). The molecule has 0 aliphatic carbocycles. The summed E-state index contributed by atoms with van der Waals surface area (Å²) in [5.41, 5.74) is 1.69. The molecule has 2 aromatic rings. The number of aromatic amines is 1. The number of nitrogens with one attached hydrogen (secondary N) is 2. The Bertz CT molecular complexity index is 500. The lowest BCUT2D eigenvalue weighted by Crippen LogP contribution is -2.17. The van der Waals surface area contributed by atoms with Crippen LogP contribution in [0.2, 0.25) is 0 Å². The molecule has 0 saturated heterocycles. The number of rotatable bonds is 3. The van der Waals surface area contributed by atoms with E-state index in [2.05, 4.69) is 15.5 Å². The van der Waals surface area contributed by atoms with E-state index < -0.39 is 0 Å². The zero-order valence-electron chi connectivity index (χ0n) is 8.40. The fourth-order valence-corrected chi connectivity index (χ4v) is 1.51. The van der Waals surface area contributed by atoms with E-state index in [-0.39, 0.29) is 5.69 Å². The van der Waals surface area contributed by atoms with Crippen molar-refractivity contribution in [3.63, 3.8) is 0 Å². The molecule has 0 atom stereocenters. The fourth-order valence-electron chi connectivity index (χ4n) is 1.51. The molecule has 0 spiro atoms. The smallest absolute Gasteiger partial charge is 0.316 e. The molecule has 1 aromatic heterocycles. The molecule has 0 radical (unpaired) electrons. The van der Waals surface area contributed by atoms with E-state index >= 15 is 0 Å². The topological polar surface area (TPSA) is 62.7 Å². The lowest BCUT2D eigenvalue weighted by atomic mass is 10.2. The maximum absolute atomic E-state index is 11.4. The number of benzene rings is 1. The van der Waals surface area contributed by atoms with Crippen molar-refractivity contribution >= 4 is 0 Å². The Labute approximate surface area is 86.8 Å². The van der Waals surface area contributed by atoms with Crippen molar-refractivity contribution in [3.8, 4) is 5.69 Å². The summed E-state index contributed by atoms with van der Waals surface area (Å²) in [5, 5.41) is 9.14. The second kappa shape index (κ2) is 4.10. The molecule has 0 aliphatic rings. The summed E-state index contributed by atoms with van der Waals surface area (Å²) in [4.78, 5) is 11.4. The van der Waals surface area contributed by atoms with Gasteiger partial charge in [0.25, 0.3) is 0 Å². The zero-order chi connectivity index (χ0) is 10.7. The van der Waals surface area contributed by atoms with Crippen molar-refractivity contribution in [2.75, 3.05) is 7.05 Å². The van der Waals surface area contributed by atoms with Gasteiger partial charge in [-0.2, -0.15) is 5.10 Å². The molecule has 15 heavy (non-hydrogen) atoms. The van der Waals surface area contributed by atoms with Gasteiger partial charge in [0.2, 0.25) is 0 Å². The molecule has 0 unspecified atom stereocenters. The first-order chi connectivity index (χ1) is 7.33. The maximum atomic E-state index is 11.4. The molecule has 0 saturated carbocycles. The molecule has 1 heterocycles. The Morgan fingerprint density at radius 2 is 2.27 bits per heavy atom. The number of H-pyrrole nitrogens is 1. The minimum atomic E-state index is -0.224. The highest BCUT2D eigenvalue weighted by molar-refractivity contribution is 5.40. The minimum absolute atomic E-state index is 0.224. The highest BCUT2D eigenvalue weighted by atomic mass is 16.1. The molecule has 5 heteroatoms. The molecule has 2 rings (SSSR count). The van der Waals surface area contributed by atoms with Crippen molar-refractivity contribution < 1.29 is 0 Å². The third-order valence-corrected chi connectivity index (χ3v) is 2.17. The SMILES string of the molecule is CNCc1ccccc1-n1cn[nH]c1=O. The summed E-state index contributed by atoms with van der Waals surface area (Å²) in [6.45, 7) is 0.716. The van der Waals surface area contributed by atoms with Crippen LogP contribution >= 0.6 is 0 Å². The third kappa shape index (κ3) is 1.82. The van der Waals surface area contributed by atoms with E-state index in [0.29, 0.717) is 6.54 Å². The van der Waals surface area contributed by atoms with E-state index in [1.807, 2.05) is 31.3 Å². The van der Waals surface area contributed by atoms with Crippen LogP contribution in [0.1, 0.15) is 5.56 Å². The normalized spacial score (nSPS) is 10.5. The van der Waals surface area contributed by atoms with Crippen LogP contribution in [-0.2, 0) is 6.54 Å². The van der Waals surface area contributed by atoms with Gasteiger partial charge in [0.1, 0.15) is 6.33 Å². The van der Waals surface area contributed by atoms with E-state index in [9.17, 15) is 4.79 Å². The summed E-state index contributed by atoms with van der Waals surface area (Å²) >= 11 is 0. The Morgan fingerprint density at radius 1 is 1.47 bits per heavy atom. The number of para-hydroxylation sites is 1. The molecular weight excluding hydrogens is 192 g/mol. The summed E-state index contributed by atoms with van der Waals surface area (Å²) < 4.78 is 1.49. The predicted molar refractivity (Wildman–Crippen MR) is 56.9 cm³/mol. The highest BCUT2D eigenvalue weighted by Gasteiger charge is 2.05. The van der Waals surface area contributed by atoms with Gasteiger partial charge in [-0.1, -0.05) is 18.2 Å². The Kier molecular flexibility index (Phi) is 2.64. The van der Waals surface area contributed by atoms with E-state index in [1.54, 1.807) is 0 Å². The van der Waals surface area contributed by atoms with Crippen molar-refractivity contribution in [2.45, 2.75) is 6.54 Å². The van der Waals surface area contributed by atoms with E-state index in [0.717, 1.165) is 11.3 Å². The first-order valence-electron chi connectivity index (χ1n) is 4.68. The zero-order valence-corrected chi connectivity index (χ0v) is 8.40. The van der Waals surface area contributed by atoms with Crippen molar-refractivity contribution in [1.82, 2.24) is 20.1 Å². The van der Waals surface area contributed by atoms with Crippen LogP contribution in [0.5, 0.6) is 0 Å². The van der Waals surface area contributed by atoms with Gasteiger partial charge in [0.15, 0.2) is 0 Å². The molecule has 0 amide bonds. The van der Waals surface area contributed by atoms with Crippen LogP contribution in [0.25, 0.3) is 5.69 Å². The van der Waals surface area contributed by atoms with Gasteiger partial charge in [-0.25, -0.2) is 14.5 Å². The molecule has 0 aliphatic heterocycles. The summed E-state index contributed by atoms with van der Waals surface area (Å²) in [7, 11) is 1.87. The molecule has 0 bridgehead atoms. The first kappa shape index (κ1) is 9.67. The van der Waals surface area contributed by atoms with Gasteiger partial charge in [0, 0.05) is 6.54 Å².